The highest BCUT2D eigenvalue weighted by Crippen LogP contribution is 2.29. The summed E-state index contributed by atoms with van der Waals surface area (Å²) in [7, 11) is 3.06. The third-order valence-corrected chi connectivity index (χ3v) is 7.25. The lowest BCUT2D eigenvalue weighted by molar-refractivity contribution is -0.115. The van der Waals surface area contributed by atoms with Gasteiger partial charge < -0.3 is 24.5 Å². The number of ether oxygens (including phenoxy) is 2. The van der Waals surface area contributed by atoms with Crippen LogP contribution >= 0.6 is 11.8 Å². The van der Waals surface area contributed by atoms with E-state index >= 15 is 0 Å². The Hall–Kier alpha value is -4.76. The number of para-hydroxylation sites is 2. The maximum atomic E-state index is 12.8. The monoisotopic (exact) mass is 553 g/mol. The standard InChI is InChI=1S/C31H27N3O5S/c1-19(29(35)32-22-11-8-20(9-12-22)31-34-25-6-4-5-7-26(25)39-31)40-24-15-13-23(14-16-24)33-30(36)21-10-17-27(37-2)28(18-21)38-3/h4-19H,1-3H3,(H,32,35)(H,33,36). The van der Waals surface area contributed by atoms with Crippen molar-refractivity contribution in [3.05, 3.63) is 96.6 Å². The molecule has 0 fully saturated rings. The summed E-state index contributed by atoms with van der Waals surface area (Å²) in [4.78, 5) is 30.9. The Kier molecular flexibility index (Phi) is 8.02. The van der Waals surface area contributed by atoms with Gasteiger partial charge in [-0.15, -0.1) is 11.8 Å². The first-order valence-electron chi connectivity index (χ1n) is 12.5. The average molecular weight is 554 g/mol. The van der Waals surface area contributed by atoms with Crippen molar-refractivity contribution in [1.29, 1.82) is 0 Å². The summed E-state index contributed by atoms with van der Waals surface area (Å²) < 4.78 is 16.3. The zero-order valence-corrected chi connectivity index (χ0v) is 23.0. The summed E-state index contributed by atoms with van der Waals surface area (Å²) >= 11 is 1.43. The number of nitrogens with zero attached hydrogens (tertiary/aromatic N) is 1. The second-order valence-electron chi connectivity index (χ2n) is 8.86. The number of aromatic nitrogens is 1. The van der Waals surface area contributed by atoms with E-state index in [1.807, 2.05) is 67.6 Å². The quantitative estimate of drug-likeness (QED) is 0.192. The zero-order valence-electron chi connectivity index (χ0n) is 22.1. The van der Waals surface area contributed by atoms with Crippen molar-refractivity contribution in [1.82, 2.24) is 4.98 Å². The largest absolute Gasteiger partial charge is 0.493 e. The second kappa shape index (κ2) is 12.0. The van der Waals surface area contributed by atoms with Crippen LogP contribution in [-0.4, -0.2) is 36.3 Å². The van der Waals surface area contributed by atoms with Crippen LogP contribution < -0.4 is 20.1 Å². The van der Waals surface area contributed by atoms with Crippen molar-refractivity contribution in [3.8, 4) is 23.0 Å². The number of fused-ring (bicyclic) bond motifs is 1. The number of hydrogen-bond acceptors (Lipinski definition) is 7. The topological polar surface area (TPSA) is 103 Å². The maximum Gasteiger partial charge on any atom is 0.255 e. The highest BCUT2D eigenvalue weighted by molar-refractivity contribution is 8.00. The lowest BCUT2D eigenvalue weighted by Crippen LogP contribution is -2.22. The van der Waals surface area contributed by atoms with Crippen LogP contribution in [0.1, 0.15) is 17.3 Å². The molecule has 1 heterocycles. The predicted octanol–water partition coefficient (Wildman–Crippen LogP) is 6.88. The molecule has 1 atom stereocenters. The summed E-state index contributed by atoms with van der Waals surface area (Å²) in [5.41, 5.74) is 4.13. The maximum absolute atomic E-state index is 12.8. The molecule has 0 saturated heterocycles. The molecule has 5 aromatic rings. The average Bonchev–Trinajstić information content (AvgIpc) is 3.42. The minimum atomic E-state index is -0.344. The molecule has 0 aliphatic rings. The number of rotatable bonds is 9. The van der Waals surface area contributed by atoms with E-state index in [4.69, 9.17) is 13.9 Å². The fourth-order valence-electron chi connectivity index (χ4n) is 3.99. The number of methoxy groups -OCH3 is 2. The van der Waals surface area contributed by atoms with Crippen LogP contribution in [0, 0.1) is 0 Å². The Morgan fingerprint density at radius 3 is 2.20 bits per heavy atom. The number of nitrogens with one attached hydrogen (secondary N) is 2. The first-order chi connectivity index (χ1) is 19.4. The van der Waals surface area contributed by atoms with Crippen molar-refractivity contribution < 1.29 is 23.5 Å². The number of thioether (sulfide) groups is 1. The van der Waals surface area contributed by atoms with Gasteiger partial charge in [-0.3, -0.25) is 9.59 Å². The molecule has 0 radical (unpaired) electrons. The van der Waals surface area contributed by atoms with E-state index in [0.717, 1.165) is 21.6 Å². The van der Waals surface area contributed by atoms with Crippen molar-refractivity contribution in [2.45, 2.75) is 17.1 Å². The third kappa shape index (κ3) is 6.10. The van der Waals surface area contributed by atoms with Crippen LogP contribution in [-0.2, 0) is 4.79 Å². The highest BCUT2D eigenvalue weighted by Gasteiger charge is 2.16. The molecular formula is C31H27N3O5S. The second-order valence-corrected chi connectivity index (χ2v) is 10.3. The molecule has 4 aromatic carbocycles. The van der Waals surface area contributed by atoms with Gasteiger partial charge in [0.2, 0.25) is 11.8 Å². The minimum absolute atomic E-state index is 0.120. The van der Waals surface area contributed by atoms with Gasteiger partial charge in [-0.25, -0.2) is 4.98 Å². The van der Waals surface area contributed by atoms with E-state index in [9.17, 15) is 9.59 Å². The number of benzene rings is 4. The molecule has 5 rings (SSSR count). The summed E-state index contributed by atoms with van der Waals surface area (Å²) in [5.74, 6) is 1.18. The number of amides is 2. The SMILES string of the molecule is COc1ccc(C(=O)Nc2ccc(SC(C)C(=O)Nc3ccc(-c4nc5ccccc5o4)cc3)cc2)cc1OC. The Balaban J connectivity index is 1.15. The Morgan fingerprint density at radius 1 is 0.825 bits per heavy atom. The van der Waals surface area contributed by atoms with Gasteiger partial charge in [0.1, 0.15) is 5.52 Å². The van der Waals surface area contributed by atoms with Gasteiger partial charge in [0.25, 0.3) is 5.91 Å². The van der Waals surface area contributed by atoms with Gasteiger partial charge in [-0.2, -0.15) is 0 Å². The van der Waals surface area contributed by atoms with E-state index in [0.29, 0.717) is 34.3 Å². The Morgan fingerprint density at radius 2 is 1.50 bits per heavy atom. The van der Waals surface area contributed by atoms with E-state index in [-0.39, 0.29) is 17.1 Å². The normalized spacial score (nSPS) is 11.6. The molecule has 8 nitrogen and oxygen atoms in total. The van der Waals surface area contributed by atoms with Crippen LogP contribution in [0.5, 0.6) is 11.5 Å². The molecular weight excluding hydrogens is 526 g/mol. The van der Waals surface area contributed by atoms with Crippen LogP contribution in [0.3, 0.4) is 0 Å². The number of carbonyl (C=O) groups is 2. The molecule has 2 amide bonds. The van der Waals surface area contributed by atoms with Crippen molar-refractivity contribution >= 4 is 46.1 Å². The van der Waals surface area contributed by atoms with E-state index in [1.54, 1.807) is 37.4 Å². The van der Waals surface area contributed by atoms with Gasteiger partial charge in [0, 0.05) is 27.4 Å². The molecule has 2 N–H and O–H groups in total. The summed E-state index contributed by atoms with van der Waals surface area (Å²) in [6, 6.07) is 27.3. The van der Waals surface area contributed by atoms with Crippen LogP contribution in [0.15, 0.2) is 100 Å². The number of oxazole rings is 1. The number of carbonyl (C=O) groups excluding carboxylic acids is 2. The molecule has 202 valence electrons. The zero-order chi connectivity index (χ0) is 28.1. The van der Waals surface area contributed by atoms with E-state index < -0.39 is 0 Å². The highest BCUT2D eigenvalue weighted by atomic mass is 32.2. The van der Waals surface area contributed by atoms with E-state index in [2.05, 4.69) is 15.6 Å². The minimum Gasteiger partial charge on any atom is -0.493 e. The first-order valence-corrected chi connectivity index (χ1v) is 13.4. The molecule has 9 heteroatoms. The molecule has 0 aliphatic heterocycles. The van der Waals surface area contributed by atoms with Crippen LogP contribution in [0.4, 0.5) is 11.4 Å². The smallest absolute Gasteiger partial charge is 0.255 e. The van der Waals surface area contributed by atoms with Crippen molar-refractivity contribution in [3.63, 3.8) is 0 Å². The molecule has 1 aromatic heterocycles. The van der Waals surface area contributed by atoms with Gasteiger partial charge in [0.05, 0.1) is 19.5 Å². The molecule has 1 unspecified atom stereocenters. The summed E-state index contributed by atoms with van der Waals surface area (Å²) in [5, 5.41) is 5.48. The van der Waals surface area contributed by atoms with Gasteiger partial charge >= 0.3 is 0 Å². The molecule has 40 heavy (non-hydrogen) atoms. The van der Waals surface area contributed by atoms with Gasteiger partial charge in [-0.1, -0.05) is 12.1 Å². The third-order valence-electron chi connectivity index (χ3n) is 6.13. The Bertz CT molecular complexity index is 1620. The van der Waals surface area contributed by atoms with Crippen molar-refractivity contribution in [2.24, 2.45) is 0 Å². The lowest BCUT2D eigenvalue weighted by atomic mass is 10.2. The predicted molar refractivity (Wildman–Crippen MR) is 157 cm³/mol. The summed E-state index contributed by atoms with van der Waals surface area (Å²) in [6.45, 7) is 1.85. The fourth-order valence-corrected chi connectivity index (χ4v) is 4.86. The van der Waals surface area contributed by atoms with Gasteiger partial charge in [-0.05, 0) is 85.8 Å². The fraction of sp³-hybridized carbons (Fsp3) is 0.129. The van der Waals surface area contributed by atoms with E-state index in [1.165, 1.54) is 18.9 Å². The molecule has 0 bridgehead atoms. The van der Waals surface area contributed by atoms with Crippen molar-refractivity contribution in [2.75, 3.05) is 24.9 Å². The Labute approximate surface area is 235 Å². The number of hydrogen-bond donors (Lipinski definition) is 2. The van der Waals surface area contributed by atoms with Crippen LogP contribution in [0.2, 0.25) is 0 Å². The molecule has 0 spiro atoms. The molecule has 0 saturated carbocycles. The summed E-state index contributed by atoms with van der Waals surface area (Å²) in [6.07, 6.45) is 0. The lowest BCUT2D eigenvalue weighted by Gasteiger charge is -2.13. The first kappa shape index (κ1) is 26.8. The van der Waals surface area contributed by atoms with Gasteiger partial charge in [0.15, 0.2) is 17.1 Å². The number of anilines is 2. The van der Waals surface area contributed by atoms with Crippen LogP contribution in [0.25, 0.3) is 22.6 Å². The molecule has 0 aliphatic carbocycles.